The Kier molecular flexibility index (Phi) is 3.39. The Morgan fingerprint density at radius 1 is 1.09 bits per heavy atom. The molecule has 0 atom stereocenters. The van der Waals surface area contributed by atoms with Gasteiger partial charge in [0.05, 0.1) is 5.56 Å². The maximum atomic E-state index is 13.0. The molecule has 0 aliphatic rings. The molecule has 0 aliphatic carbocycles. The molecule has 6 heteroatoms. The van der Waals surface area contributed by atoms with Crippen LogP contribution >= 0.6 is 0 Å². The number of halogens is 3. The number of aryl methyl sites for hydroxylation is 1. The standard InChI is InChI=1S/C17H12F3NO2/c1-9-4-2-3-5-11(9)14-12-8-10(17(18,19)20)6-7-13(12)21-16(23)15(14)22/h2-8,22H,1H3,(H,21,23). The van der Waals surface area contributed by atoms with Crippen molar-refractivity contribution in [2.45, 2.75) is 13.1 Å². The smallest absolute Gasteiger partial charge is 0.416 e. The normalized spacial score (nSPS) is 11.8. The average molecular weight is 319 g/mol. The molecule has 0 aliphatic heterocycles. The van der Waals surface area contributed by atoms with Crippen LogP contribution < -0.4 is 5.56 Å². The van der Waals surface area contributed by atoms with E-state index in [-0.39, 0.29) is 16.5 Å². The highest BCUT2D eigenvalue weighted by molar-refractivity contribution is 5.98. The Morgan fingerprint density at radius 2 is 1.78 bits per heavy atom. The summed E-state index contributed by atoms with van der Waals surface area (Å²) in [6.45, 7) is 1.76. The van der Waals surface area contributed by atoms with Gasteiger partial charge in [-0.15, -0.1) is 0 Å². The van der Waals surface area contributed by atoms with Gasteiger partial charge in [-0.1, -0.05) is 24.3 Å². The van der Waals surface area contributed by atoms with Gasteiger partial charge in [0.2, 0.25) is 0 Å². The molecule has 0 amide bonds. The summed E-state index contributed by atoms with van der Waals surface area (Å²) in [6.07, 6.45) is -4.51. The molecule has 0 bridgehead atoms. The van der Waals surface area contributed by atoms with Gasteiger partial charge in [-0.05, 0) is 36.2 Å². The maximum Gasteiger partial charge on any atom is 0.416 e. The van der Waals surface area contributed by atoms with Crippen molar-refractivity contribution in [1.82, 2.24) is 4.98 Å². The van der Waals surface area contributed by atoms with Crippen LogP contribution in [-0.2, 0) is 6.18 Å². The molecule has 2 N–H and O–H groups in total. The van der Waals surface area contributed by atoms with Gasteiger partial charge >= 0.3 is 6.18 Å². The van der Waals surface area contributed by atoms with Crippen molar-refractivity contribution >= 4 is 10.9 Å². The van der Waals surface area contributed by atoms with Crippen LogP contribution in [0.2, 0.25) is 0 Å². The first kappa shape index (κ1) is 15.1. The number of rotatable bonds is 1. The molecule has 23 heavy (non-hydrogen) atoms. The summed E-state index contributed by atoms with van der Waals surface area (Å²) in [5.41, 5.74) is 0.0151. The third-order valence-corrected chi connectivity index (χ3v) is 3.73. The Balaban J connectivity index is 2.45. The number of H-pyrrole nitrogens is 1. The summed E-state index contributed by atoms with van der Waals surface area (Å²) in [7, 11) is 0. The van der Waals surface area contributed by atoms with Gasteiger partial charge in [-0.25, -0.2) is 0 Å². The van der Waals surface area contributed by atoms with Crippen molar-refractivity contribution in [3.63, 3.8) is 0 Å². The number of hydrogen-bond acceptors (Lipinski definition) is 2. The molecule has 0 spiro atoms. The van der Waals surface area contributed by atoms with Crippen molar-refractivity contribution in [2.75, 3.05) is 0 Å². The Morgan fingerprint density at radius 3 is 2.43 bits per heavy atom. The molecule has 0 saturated carbocycles. The maximum absolute atomic E-state index is 13.0. The van der Waals surface area contributed by atoms with Crippen LogP contribution in [0.15, 0.2) is 47.3 Å². The van der Waals surface area contributed by atoms with E-state index < -0.39 is 23.0 Å². The molecule has 1 aromatic heterocycles. The van der Waals surface area contributed by atoms with E-state index in [2.05, 4.69) is 4.98 Å². The highest BCUT2D eigenvalue weighted by Crippen LogP contribution is 2.38. The average Bonchev–Trinajstić information content (AvgIpc) is 2.48. The van der Waals surface area contributed by atoms with Gasteiger partial charge in [-0.2, -0.15) is 13.2 Å². The minimum absolute atomic E-state index is 0.105. The SMILES string of the molecule is Cc1ccccc1-c1c(O)c(=O)[nH]c2ccc(C(F)(F)F)cc12. The fourth-order valence-electron chi connectivity index (χ4n) is 2.59. The lowest BCUT2D eigenvalue weighted by Gasteiger charge is -2.13. The molecule has 1 heterocycles. The number of benzene rings is 2. The molecule has 2 aromatic carbocycles. The quantitative estimate of drug-likeness (QED) is 0.705. The summed E-state index contributed by atoms with van der Waals surface area (Å²) >= 11 is 0. The number of aromatic amines is 1. The minimum Gasteiger partial charge on any atom is -0.503 e. The van der Waals surface area contributed by atoms with Crippen LogP contribution in [-0.4, -0.2) is 10.1 Å². The third-order valence-electron chi connectivity index (χ3n) is 3.73. The van der Waals surface area contributed by atoms with Crippen LogP contribution in [0.5, 0.6) is 5.75 Å². The second-order valence-electron chi connectivity index (χ2n) is 5.25. The Hall–Kier alpha value is -2.76. The lowest BCUT2D eigenvalue weighted by Crippen LogP contribution is -2.09. The fraction of sp³-hybridized carbons (Fsp3) is 0.118. The molecule has 0 fully saturated rings. The fourth-order valence-corrected chi connectivity index (χ4v) is 2.59. The molecule has 0 radical (unpaired) electrons. The summed E-state index contributed by atoms with van der Waals surface area (Å²) in [5.74, 6) is -0.592. The van der Waals surface area contributed by atoms with Crippen LogP contribution in [0.3, 0.4) is 0 Å². The van der Waals surface area contributed by atoms with E-state index in [9.17, 15) is 23.1 Å². The van der Waals surface area contributed by atoms with Gasteiger partial charge in [0, 0.05) is 16.5 Å². The largest absolute Gasteiger partial charge is 0.503 e. The molecule has 0 saturated heterocycles. The molecular weight excluding hydrogens is 307 g/mol. The first-order valence-corrected chi connectivity index (χ1v) is 6.81. The summed E-state index contributed by atoms with van der Waals surface area (Å²) in [5, 5.41) is 10.3. The zero-order chi connectivity index (χ0) is 16.8. The topological polar surface area (TPSA) is 53.1 Å². The van der Waals surface area contributed by atoms with Crippen LogP contribution in [0.4, 0.5) is 13.2 Å². The van der Waals surface area contributed by atoms with Crippen LogP contribution in [0.25, 0.3) is 22.0 Å². The Labute approximate surface area is 129 Å². The second-order valence-corrected chi connectivity index (χ2v) is 5.25. The minimum atomic E-state index is -4.51. The molecule has 0 unspecified atom stereocenters. The highest BCUT2D eigenvalue weighted by Gasteiger charge is 2.31. The molecular formula is C17H12F3NO2. The van der Waals surface area contributed by atoms with Crippen molar-refractivity contribution in [1.29, 1.82) is 0 Å². The van der Waals surface area contributed by atoms with Gasteiger partial charge < -0.3 is 10.1 Å². The lowest BCUT2D eigenvalue weighted by atomic mass is 9.95. The number of fused-ring (bicyclic) bond motifs is 1. The number of pyridine rings is 1. The zero-order valence-corrected chi connectivity index (χ0v) is 12.0. The predicted octanol–water partition coefficient (Wildman–Crippen LogP) is 4.23. The van der Waals surface area contributed by atoms with Gasteiger partial charge in [0.25, 0.3) is 5.56 Å². The third kappa shape index (κ3) is 2.56. The van der Waals surface area contributed by atoms with Crippen molar-refractivity contribution < 1.29 is 18.3 Å². The van der Waals surface area contributed by atoms with E-state index in [0.717, 1.165) is 17.7 Å². The number of alkyl halides is 3. The summed E-state index contributed by atoms with van der Waals surface area (Å²) < 4.78 is 38.9. The van der Waals surface area contributed by atoms with E-state index >= 15 is 0 Å². The van der Waals surface area contributed by atoms with Gasteiger partial charge in [0.1, 0.15) is 0 Å². The Bertz CT molecular complexity index is 958. The van der Waals surface area contributed by atoms with E-state index in [1.165, 1.54) is 6.07 Å². The monoisotopic (exact) mass is 319 g/mol. The molecule has 118 valence electrons. The first-order valence-electron chi connectivity index (χ1n) is 6.81. The van der Waals surface area contributed by atoms with E-state index in [1.807, 2.05) is 0 Å². The number of hydrogen-bond donors (Lipinski definition) is 2. The summed E-state index contributed by atoms with van der Waals surface area (Å²) in [6, 6.07) is 9.91. The molecule has 3 aromatic rings. The number of nitrogens with one attached hydrogen (secondary N) is 1. The van der Waals surface area contributed by atoms with Gasteiger partial charge in [-0.3, -0.25) is 4.79 Å². The van der Waals surface area contributed by atoms with Crippen LogP contribution in [0, 0.1) is 6.92 Å². The van der Waals surface area contributed by atoms with E-state index in [1.54, 1.807) is 31.2 Å². The van der Waals surface area contributed by atoms with Crippen molar-refractivity contribution in [3.8, 4) is 16.9 Å². The zero-order valence-electron chi connectivity index (χ0n) is 12.0. The lowest BCUT2D eigenvalue weighted by molar-refractivity contribution is -0.137. The van der Waals surface area contributed by atoms with Crippen molar-refractivity contribution in [3.05, 3.63) is 63.9 Å². The van der Waals surface area contributed by atoms with Gasteiger partial charge in [0.15, 0.2) is 5.75 Å². The first-order chi connectivity index (χ1) is 10.8. The van der Waals surface area contributed by atoms with E-state index in [0.29, 0.717) is 5.56 Å². The molecule has 3 rings (SSSR count). The highest BCUT2D eigenvalue weighted by atomic mass is 19.4. The van der Waals surface area contributed by atoms with Crippen molar-refractivity contribution in [2.24, 2.45) is 0 Å². The summed E-state index contributed by atoms with van der Waals surface area (Å²) in [4.78, 5) is 14.3. The number of aromatic hydroxyl groups is 1. The van der Waals surface area contributed by atoms with Crippen LogP contribution in [0.1, 0.15) is 11.1 Å². The van der Waals surface area contributed by atoms with E-state index in [4.69, 9.17) is 0 Å². The second kappa shape index (κ2) is 5.15. The predicted molar refractivity (Wildman–Crippen MR) is 81.4 cm³/mol. The molecule has 3 nitrogen and oxygen atoms in total. The number of aromatic nitrogens is 1.